The molecule has 0 spiro atoms. The van der Waals surface area contributed by atoms with Crippen molar-refractivity contribution in [1.82, 2.24) is 25.2 Å². The summed E-state index contributed by atoms with van der Waals surface area (Å²) in [5, 5.41) is 6.08. The summed E-state index contributed by atoms with van der Waals surface area (Å²) in [5.74, 6) is -1.62. The molecule has 0 bridgehead atoms. The Hall–Kier alpha value is -2.54. The Morgan fingerprint density at radius 1 is 1.23 bits per heavy atom. The molecule has 3 fully saturated rings. The summed E-state index contributed by atoms with van der Waals surface area (Å²) >= 11 is -0.213. The molecule has 1 aliphatic carbocycles. The Morgan fingerprint density at radius 2 is 1.93 bits per heavy atom. The van der Waals surface area contributed by atoms with Gasteiger partial charge in [0.15, 0.2) is 5.01 Å². The first-order valence-electron chi connectivity index (χ1n) is 15.1. The third kappa shape index (κ3) is 6.21. The van der Waals surface area contributed by atoms with Crippen LogP contribution in [0.5, 0.6) is 0 Å². The molecular formula is C31H43N5O5S2. The number of ketones is 1. The fourth-order valence-corrected chi connectivity index (χ4v) is 8.44. The number of nitrogens with zero attached hydrogens (tertiary/aromatic N) is 2. The second-order valence-electron chi connectivity index (χ2n) is 14.0. The number of piperidine rings is 1. The van der Waals surface area contributed by atoms with Crippen molar-refractivity contribution in [3.63, 3.8) is 0 Å². The number of aromatic nitrogens is 1. The van der Waals surface area contributed by atoms with E-state index in [4.69, 9.17) is 0 Å². The van der Waals surface area contributed by atoms with Gasteiger partial charge in [-0.25, -0.2) is 4.98 Å². The molecule has 1 unspecified atom stereocenters. The standard InChI is InChI=1S/C31H43N5O5S2/c1-16(2)23(35-43(41)30(3,4)5)29(40)36-15-18-22(31(18,6)7)24(36)27(39)33-20(14-17-12-13-32-26(17)38)25(37)28-34-19-10-8-9-11-21(19)42-28/h8-11,16-18,20,22-24,35H,12-15H2,1-7H3,(H,32,38)(H,33,39)/t17-,18-,20-,22-,23-,24-,43?/m0/s1. The zero-order valence-electron chi connectivity index (χ0n) is 25.9. The predicted octanol–water partition coefficient (Wildman–Crippen LogP) is 3.05. The van der Waals surface area contributed by atoms with Crippen LogP contribution in [-0.2, 0) is 25.7 Å². The van der Waals surface area contributed by atoms with Crippen LogP contribution < -0.4 is 15.4 Å². The highest BCUT2D eigenvalue weighted by Crippen LogP contribution is 2.65. The Balaban J connectivity index is 1.41. The molecule has 7 atom stereocenters. The zero-order valence-corrected chi connectivity index (χ0v) is 27.6. The molecule has 0 radical (unpaired) electrons. The molecule has 2 aromatic rings. The van der Waals surface area contributed by atoms with Gasteiger partial charge in [0.25, 0.3) is 0 Å². The van der Waals surface area contributed by atoms with Crippen molar-refractivity contribution in [1.29, 1.82) is 0 Å². The Morgan fingerprint density at radius 3 is 2.53 bits per heavy atom. The number of hydrogen-bond donors (Lipinski definition) is 3. The molecule has 234 valence electrons. The monoisotopic (exact) mass is 629 g/mol. The zero-order chi connectivity index (χ0) is 31.4. The second kappa shape index (κ2) is 11.8. The summed E-state index contributed by atoms with van der Waals surface area (Å²) < 4.78 is 16.3. The van der Waals surface area contributed by atoms with Gasteiger partial charge in [-0.3, -0.25) is 19.2 Å². The van der Waals surface area contributed by atoms with Crippen molar-refractivity contribution in [2.75, 3.05) is 13.1 Å². The molecule has 2 aliphatic heterocycles. The van der Waals surface area contributed by atoms with Crippen LogP contribution in [-0.4, -0.2) is 73.9 Å². The Kier molecular flexibility index (Phi) is 8.71. The van der Waals surface area contributed by atoms with Crippen molar-refractivity contribution in [3.8, 4) is 0 Å². The fraction of sp³-hybridized carbons (Fsp3) is 0.645. The lowest BCUT2D eigenvalue weighted by Gasteiger charge is -2.36. The molecule has 2 saturated heterocycles. The first kappa shape index (κ1) is 31.9. The summed E-state index contributed by atoms with van der Waals surface area (Å²) in [6, 6.07) is 4.99. The first-order chi connectivity index (χ1) is 20.1. The molecular weight excluding hydrogens is 587 g/mol. The van der Waals surface area contributed by atoms with Gasteiger partial charge in [-0.1, -0.05) is 39.8 Å². The van der Waals surface area contributed by atoms with Crippen molar-refractivity contribution in [3.05, 3.63) is 29.3 Å². The lowest BCUT2D eigenvalue weighted by Crippen LogP contribution is -2.59. The molecule has 5 rings (SSSR count). The van der Waals surface area contributed by atoms with E-state index >= 15 is 0 Å². The highest BCUT2D eigenvalue weighted by molar-refractivity contribution is 7.90. The summed E-state index contributed by atoms with van der Waals surface area (Å²) in [6.07, 6.45) is 0.738. The largest absolute Gasteiger partial charge is 0.598 e. The number of para-hydroxylation sites is 1. The van der Waals surface area contributed by atoms with Crippen LogP contribution in [0.4, 0.5) is 0 Å². The van der Waals surface area contributed by atoms with E-state index in [0.29, 0.717) is 25.0 Å². The maximum Gasteiger partial charge on any atom is 0.245 e. The minimum atomic E-state index is -1.48. The molecule has 3 amide bonds. The van der Waals surface area contributed by atoms with Gasteiger partial charge in [-0.15, -0.1) is 16.1 Å². The Bertz CT molecular complexity index is 1390. The molecule has 43 heavy (non-hydrogen) atoms. The number of thiazole rings is 1. The number of likely N-dealkylation sites (tertiary alicyclic amines) is 1. The molecule has 1 aromatic heterocycles. The van der Waals surface area contributed by atoms with Gasteiger partial charge in [-0.05, 0) is 68.9 Å². The van der Waals surface area contributed by atoms with Gasteiger partial charge >= 0.3 is 0 Å². The van der Waals surface area contributed by atoms with Crippen LogP contribution in [0.25, 0.3) is 10.2 Å². The molecule has 3 heterocycles. The minimum absolute atomic E-state index is 0.0645. The van der Waals surface area contributed by atoms with E-state index < -0.39 is 46.1 Å². The summed E-state index contributed by atoms with van der Waals surface area (Å²) in [5.41, 5.74) is 0.570. The molecule has 1 saturated carbocycles. The molecule has 3 N–H and O–H groups in total. The number of amides is 3. The third-order valence-corrected chi connectivity index (χ3v) is 11.9. The van der Waals surface area contributed by atoms with Crippen LogP contribution in [0.15, 0.2) is 24.3 Å². The number of rotatable bonds is 10. The number of carbonyl (C=O) groups excluding carboxylic acids is 4. The summed E-state index contributed by atoms with van der Waals surface area (Å²) in [7, 11) is 0. The van der Waals surface area contributed by atoms with Gasteiger partial charge in [0.2, 0.25) is 23.5 Å². The molecule has 12 heteroatoms. The normalized spacial score (nSPS) is 26.6. The Labute approximate surface area is 260 Å². The SMILES string of the molecule is CC(C)[C@H](N[S+]([O-])C(C)(C)C)C(=O)N1C[C@H]2[C@@H]([C@H]1C(=O)N[C@@H](C[C@@H]1CCNC1=O)C(=O)c1nc3ccccc3s1)C2(C)C. The average molecular weight is 630 g/mol. The van der Waals surface area contributed by atoms with Crippen LogP contribution in [0.2, 0.25) is 0 Å². The van der Waals surface area contributed by atoms with Gasteiger partial charge < -0.3 is 20.1 Å². The number of benzene rings is 1. The van der Waals surface area contributed by atoms with Crippen molar-refractivity contribution < 1.29 is 23.7 Å². The van der Waals surface area contributed by atoms with E-state index in [1.54, 1.807) is 4.90 Å². The summed E-state index contributed by atoms with van der Waals surface area (Å²) in [6.45, 7) is 14.5. The maximum absolute atomic E-state index is 14.2. The minimum Gasteiger partial charge on any atom is -0.598 e. The first-order valence-corrected chi connectivity index (χ1v) is 17.0. The highest BCUT2D eigenvalue weighted by Gasteiger charge is 2.69. The van der Waals surface area contributed by atoms with Crippen molar-refractivity contribution >= 4 is 56.4 Å². The topological polar surface area (TPSA) is 144 Å². The van der Waals surface area contributed by atoms with E-state index in [-0.39, 0.29) is 52.2 Å². The highest BCUT2D eigenvalue weighted by atomic mass is 32.2. The quantitative estimate of drug-likeness (QED) is 0.271. The van der Waals surface area contributed by atoms with E-state index in [9.17, 15) is 23.7 Å². The smallest absolute Gasteiger partial charge is 0.245 e. The van der Waals surface area contributed by atoms with E-state index in [1.807, 2.05) is 58.9 Å². The van der Waals surface area contributed by atoms with Crippen LogP contribution in [0, 0.1) is 29.1 Å². The third-order valence-electron chi connectivity index (χ3n) is 9.30. The van der Waals surface area contributed by atoms with Gasteiger partial charge in [0.1, 0.15) is 16.8 Å². The summed E-state index contributed by atoms with van der Waals surface area (Å²) in [4.78, 5) is 60.7. The molecule has 10 nitrogen and oxygen atoms in total. The lowest BCUT2D eigenvalue weighted by atomic mass is 9.94. The van der Waals surface area contributed by atoms with Crippen LogP contribution in [0.3, 0.4) is 0 Å². The number of carbonyl (C=O) groups is 4. The van der Waals surface area contributed by atoms with E-state index in [1.165, 1.54) is 11.3 Å². The van der Waals surface area contributed by atoms with E-state index in [2.05, 4.69) is 34.2 Å². The fourth-order valence-electron chi connectivity index (χ4n) is 6.53. The maximum atomic E-state index is 14.2. The van der Waals surface area contributed by atoms with Gasteiger partial charge in [0, 0.05) is 30.4 Å². The van der Waals surface area contributed by atoms with Gasteiger partial charge in [-0.2, -0.15) is 0 Å². The average Bonchev–Trinajstić information content (AvgIpc) is 3.45. The van der Waals surface area contributed by atoms with Crippen molar-refractivity contribution in [2.45, 2.75) is 84.2 Å². The number of nitrogens with one attached hydrogen (secondary N) is 3. The number of fused-ring (bicyclic) bond motifs is 2. The van der Waals surface area contributed by atoms with Gasteiger partial charge in [0.05, 0.1) is 16.3 Å². The van der Waals surface area contributed by atoms with Crippen LogP contribution >= 0.6 is 11.3 Å². The molecule has 1 aromatic carbocycles. The second-order valence-corrected chi connectivity index (χ2v) is 17.1. The number of hydrogen-bond acceptors (Lipinski definition) is 8. The number of Topliss-reactive ketones (excluding diaryl/α,β-unsaturated/α-hetero) is 1. The predicted molar refractivity (Wildman–Crippen MR) is 168 cm³/mol. The lowest BCUT2D eigenvalue weighted by molar-refractivity contribution is -0.142. The van der Waals surface area contributed by atoms with Crippen LogP contribution in [0.1, 0.15) is 71.1 Å². The molecule has 3 aliphatic rings. The van der Waals surface area contributed by atoms with E-state index in [0.717, 1.165) is 4.70 Å². The van der Waals surface area contributed by atoms with Crippen molar-refractivity contribution in [2.24, 2.45) is 29.1 Å².